The molecule has 5 saturated carbocycles. The van der Waals surface area contributed by atoms with Crippen LogP contribution in [-0.4, -0.2) is 23.7 Å². The highest BCUT2D eigenvalue weighted by atomic mass is 16.3. The van der Waals surface area contributed by atoms with Crippen LogP contribution in [0.5, 0.6) is 0 Å². The van der Waals surface area contributed by atoms with E-state index in [9.17, 15) is 9.90 Å². The molecule has 21 heavy (non-hydrogen) atoms. The summed E-state index contributed by atoms with van der Waals surface area (Å²) < 4.78 is 0. The fraction of sp³-hybridized carbons (Fsp3) is 0.944. The lowest BCUT2D eigenvalue weighted by atomic mass is 9.51. The maximum absolute atomic E-state index is 12.9. The van der Waals surface area contributed by atoms with Gasteiger partial charge in [0.25, 0.3) is 0 Å². The maximum Gasteiger partial charge on any atom is 0.223 e. The van der Waals surface area contributed by atoms with Crippen molar-refractivity contribution in [3.8, 4) is 0 Å². The third-order valence-corrected chi connectivity index (χ3v) is 7.00. The van der Waals surface area contributed by atoms with Gasteiger partial charge < -0.3 is 10.4 Å². The molecule has 2 atom stereocenters. The summed E-state index contributed by atoms with van der Waals surface area (Å²) in [6, 6.07) is 0.230. The summed E-state index contributed by atoms with van der Waals surface area (Å²) in [7, 11) is 0. The normalized spacial score (nSPS) is 48.3. The number of rotatable bonds is 3. The Hall–Kier alpha value is -0.570. The molecule has 0 saturated heterocycles. The average Bonchev–Trinajstić information content (AvgIpc) is 2.46. The fourth-order valence-corrected chi connectivity index (χ4v) is 6.25. The van der Waals surface area contributed by atoms with Gasteiger partial charge in [0.05, 0.1) is 0 Å². The second kappa shape index (κ2) is 5.57. The summed E-state index contributed by atoms with van der Waals surface area (Å²) in [5.41, 5.74) is 0. The van der Waals surface area contributed by atoms with Crippen molar-refractivity contribution in [2.75, 3.05) is 6.61 Å². The molecule has 118 valence electrons. The largest absolute Gasteiger partial charge is 0.396 e. The summed E-state index contributed by atoms with van der Waals surface area (Å²) in [6.45, 7) is 0.229. The Bertz CT molecular complexity index is 380. The molecule has 0 aromatic rings. The minimum absolute atomic E-state index is 0.229. The van der Waals surface area contributed by atoms with Crippen LogP contribution in [0.2, 0.25) is 0 Å². The highest BCUT2D eigenvalue weighted by Crippen LogP contribution is 2.56. The van der Waals surface area contributed by atoms with Crippen molar-refractivity contribution in [1.82, 2.24) is 5.32 Å². The van der Waals surface area contributed by atoms with Gasteiger partial charge in [-0.15, -0.1) is 0 Å². The van der Waals surface area contributed by atoms with Gasteiger partial charge in [-0.05, 0) is 68.6 Å². The van der Waals surface area contributed by atoms with Gasteiger partial charge >= 0.3 is 0 Å². The number of carbonyl (C=O) groups excluding carboxylic acids is 1. The molecule has 0 aromatic carbocycles. The number of aliphatic hydroxyl groups is 1. The SMILES string of the molecule is O=C(N[C@@H]1CCCC[C@@H]1CO)C1C2CC3CC(C2)CC1C3. The molecule has 0 spiro atoms. The van der Waals surface area contributed by atoms with Gasteiger partial charge in [0, 0.05) is 24.5 Å². The van der Waals surface area contributed by atoms with Crippen LogP contribution >= 0.6 is 0 Å². The molecule has 5 rings (SSSR count). The van der Waals surface area contributed by atoms with Crippen LogP contribution in [0.15, 0.2) is 0 Å². The third-order valence-electron chi connectivity index (χ3n) is 7.00. The Kier molecular flexibility index (Phi) is 3.72. The first-order valence-corrected chi connectivity index (χ1v) is 9.15. The molecule has 3 heteroatoms. The van der Waals surface area contributed by atoms with Gasteiger partial charge in [-0.2, -0.15) is 0 Å². The topological polar surface area (TPSA) is 49.3 Å². The summed E-state index contributed by atoms with van der Waals surface area (Å²) in [5.74, 6) is 4.09. The minimum atomic E-state index is 0.229. The van der Waals surface area contributed by atoms with Crippen LogP contribution < -0.4 is 5.32 Å². The van der Waals surface area contributed by atoms with Crippen molar-refractivity contribution in [2.24, 2.45) is 35.5 Å². The second-order valence-electron chi connectivity index (χ2n) is 8.30. The van der Waals surface area contributed by atoms with E-state index in [0.717, 1.165) is 24.7 Å². The molecule has 0 unspecified atom stereocenters. The smallest absolute Gasteiger partial charge is 0.223 e. The zero-order valence-electron chi connectivity index (χ0n) is 13.0. The number of carbonyl (C=O) groups is 1. The molecule has 2 N–H and O–H groups in total. The predicted molar refractivity (Wildman–Crippen MR) is 81.5 cm³/mol. The standard InChI is InChI=1S/C18H29NO2/c20-10-13-3-1-2-4-16(13)19-18(21)17-14-6-11-5-12(8-14)9-15(17)7-11/h11-17,20H,1-10H2,(H,19,21)/t11?,12?,13-,14?,15?,16-,17?/m1/s1. The first-order chi connectivity index (χ1) is 10.2. The predicted octanol–water partition coefficient (Wildman–Crippen LogP) is 2.73. The van der Waals surface area contributed by atoms with Gasteiger partial charge in [-0.3, -0.25) is 4.79 Å². The van der Waals surface area contributed by atoms with Crippen LogP contribution in [0.25, 0.3) is 0 Å². The van der Waals surface area contributed by atoms with Crippen molar-refractivity contribution >= 4 is 5.91 Å². The van der Waals surface area contributed by atoms with E-state index < -0.39 is 0 Å². The molecule has 5 aliphatic carbocycles. The Balaban J connectivity index is 1.43. The van der Waals surface area contributed by atoms with Crippen molar-refractivity contribution < 1.29 is 9.90 Å². The monoisotopic (exact) mass is 291 g/mol. The highest BCUT2D eigenvalue weighted by molar-refractivity contribution is 5.80. The van der Waals surface area contributed by atoms with Crippen molar-refractivity contribution in [3.63, 3.8) is 0 Å². The van der Waals surface area contributed by atoms with E-state index in [1.807, 2.05) is 0 Å². The summed E-state index contributed by atoms with van der Waals surface area (Å²) >= 11 is 0. The van der Waals surface area contributed by atoms with Gasteiger partial charge in [0.15, 0.2) is 0 Å². The van der Waals surface area contributed by atoms with Crippen molar-refractivity contribution in [1.29, 1.82) is 0 Å². The Morgan fingerprint density at radius 3 is 2.19 bits per heavy atom. The molecule has 0 heterocycles. The average molecular weight is 291 g/mol. The fourth-order valence-electron chi connectivity index (χ4n) is 6.25. The van der Waals surface area contributed by atoms with E-state index in [-0.39, 0.29) is 12.6 Å². The van der Waals surface area contributed by atoms with Crippen LogP contribution in [0, 0.1) is 35.5 Å². The van der Waals surface area contributed by atoms with Gasteiger partial charge in [-0.25, -0.2) is 0 Å². The van der Waals surface area contributed by atoms with Crippen LogP contribution in [-0.2, 0) is 4.79 Å². The van der Waals surface area contributed by atoms with Crippen molar-refractivity contribution in [2.45, 2.75) is 63.8 Å². The van der Waals surface area contributed by atoms with Gasteiger partial charge in [0.2, 0.25) is 5.91 Å². The Morgan fingerprint density at radius 1 is 0.952 bits per heavy atom. The summed E-state index contributed by atoms with van der Waals surface area (Å²) in [6.07, 6.45) is 11.2. The number of amides is 1. The Labute approximate surface area is 127 Å². The molecule has 0 radical (unpaired) electrons. The second-order valence-corrected chi connectivity index (χ2v) is 8.30. The highest BCUT2D eigenvalue weighted by Gasteiger charge is 2.51. The number of aliphatic hydroxyl groups excluding tert-OH is 1. The molecular formula is C18H29NO2. The van der Waals surface area contributed by atoms with E-state index >= 15 is 0 Å². The molecular weight excluding hydrogens is 262 g/mol. The molecule has 0 aliphatic heterocycles. The summed E-state index contributed by atoms with van der Waals surface area (Å²) in [4.78, 5) is 12.9. The lowest BCUT2D eigenvalue weighted by Gasteiger charge is -2.54. The molecule has 5 aliphatic rings. The molecule has 0 aromatic heterocycles. The lowest BCUT2D eigenvalue weighted by molar-refractivity contribution is -0.139. The maximum atomic E-state index is 12.9. The van der Waals surface area contributed by atoms with E-state index in [4.69, 9.17) is 0 Å². The molecule has 1 amide bonds. The Morgan fingerprint density at radius 2 is 1.57 bits per heavy atom. The van der Waals surface area contributed by atoms with Crippen LogP contribution in [0.3, 0.4) is 0 Å². The van der Waals surface area contributed by atoms with E-state index in [2.05, 4.69) is 5.32 Å². The quantitative estimate of drug-likeness (QED) is 0.840. The first kappa shape index (κ1) is 14.0. The zero-order valence-corrected chi connectivity index (χ0v) is 13.0. The van der Waals surface area contributed by atoms with E-state index in [1.165, 1.54) is 44.9 Å². The van der Waals surface area contributed by atoms with Crippen LogP contribution in [0.1, 0.15) is 57.8 Å². The number of nitrogens with one attached hydrogen (secondary N) is 1. The number of hydrogen-bond acceptors (Lipinski definition) is 2. The van der Waals surface area contributed by atoms with Crippen LogP contribution in [0.4, 0.5) is 0 Å². The first-order valence-electron chi connectivity index (χ1n) is 9.15. The summed E-state index contributed by atoms with van der Waals surface area (Å²) in [5, 5.41) is 12.9. The molecule has 4 bridgehead atoms. The molecule has 3 nitrogen and oxygen atoms in total. The van der Waals surface area contributed by atoms with Crippen molar-refractivity contribution in [3.05, 3.63) is 0 Å². The van der Waals surface area contributed by atoms with E-state index in [0.29, 0.717) is 29.6 Å². The van der Waals surface area contributed by atoms with Gasteiger partial charge in [-0.1, -0.05) is 12.8 Å². The lowest BCUT2D eigenvalue weighted by Crippen LogP contribution is -2.54. The van der Waals surface area contributed by atoms with Gasteiger partial charge in [0.1, 0.15) is 0 Å². The molecule has 5 fully saturated rings. The number of hydrogen-bond donors (Lipinski definition) is 2. The minimum Gasteiger partial charge on any atom is -0.396 e. The third kappa shape index (κ3) is 2.52. The zero-order chi connectivity index (χ0) is 14.4. The van der Waals surface area contributed by atoms with E-state index in [1.54, 1.807) is 0 Å².